The smallest absolute Gasteiger partial charge is 0.153 e. The van der Waals surface area contributed by atoms with Gasteiger partial charge in [-0.25, -0.2) is 0 Å². The molecule has 0 aliphatic carbocycles. The number of halogens is 1. The van der Waals surface area contributed by atoms with E-state index in [9.17, 15) is 0 Å². The summed E-state index contributed by atoms with van der Waals surface area (Å²) in [6, 6.07) is 12.3. The van der Waals surface area contributed by atoms with Gasteiger partial charge in [-0.3, -0.25) is 0 Å². The zero-order valence-corrected chi connectivity index (χ0v) is 14.1. The molecule has 0 aliphatic rings. The fraction of sp³-hybridized carbons (Fsp3) is 0.200. The van der Waals surface area contributed by atoms with E-state index in [1.54, 1.807) is 0 Å². The molecule has 0 radical (unpaired) electrons. The lowest BCUT2D eigenvalue weighted by Gasteiger charge is -2.03. The molecule has 0 saturated heterocycles. The van der Waals surface area contributed by atoms with Gasteiger partial charge in [-0.2, -0.15) is 0 Å². The topological polar surface area (TPSA) is 26.3 Å². The molecule has 2 aromatic heterocycles. The first kappa shape index (κ1) is 14.4. The predicted molar refractivity (Wildman–Crippen MR) is 94.5 cm³/mol. The van der Waals surface area contributed by atoms with Crippen LogP contribution in [0.25, 0.3) is 21.9 Å². The predicted octanol–water partition coefficient (Wildman–Crippen LogP) is 6.35. The van der Waals surface area contributed by atoms with Crippen LogP contribution in [-0.2, 0) is 6.42 Å². The van der Waals surface area contributed by atoms with E-state index in [-0.39, 0.29) is 0 Å². The van der Waals surface area contributed by atoms with Crippen LogP contribution in [0.15, 0.2) is 45.2 Å². The Kier molecular flexibility index (Phi) is 3.24. The monoisotopic (exact) mass is 324 g/mol. The number of hydrogen-bond donors (Lipinski definition) is 0. The molecule has 0 N–H and O–H groups in total. The van der Waals surface area contributed by atoms with Gasteiger partial charge < -0.3 is 8.83 Å². The van der Waals surface area contributed by atoms with Crippen LogP contribution in [0.5, 0.6) is 0 Å². The maximum absolute atomic E-state index is 6.41. The maximum atomic E-state index is 6.41. The number of furan rings is 2. The van der Waals surface area contributed by atoms with Crippen LogP contribution >= 0.6 is 11.6 Å². The summed E-state index contributed by atoms with van der Waals surface area (Å²) in [5, 5.41) is 2.91. The number of benzene rings is 2. The Hall–Kier alpha value is -2.19. The first-order valence-electron chi connectivity index (χ1n) is 7.69. The molecule has 23 heavy (non-hydrogen) atoms. The lowest BCUT2D eigenvalue weighted by atomic mass is 10.0. The minimum atomic E-state index is 0.655. The summed E-state index contributed by atoms with van der Waals surface area (Å²) in [6.07, 6.45) is 0.722. The summed E-state index contributed by atoms with van der Waals surface area (Å²) in [6.45, 7) is 6.14. The van der Waals surface area contributed by atoms with Crippen molar-refractivity contribution in [1.29, 1.82) is 0 Å². The van der Waals surface area contributed by atoms with Crippen LogP contribution in [0.4, 0.5) is 0 Å². The Bertz CT molecular complexity index is 1040. The number of para-hydroxylation sites is 1. The normalized spacial score (nSPS) is 11.7. The summed E-state index contributed by atoms with van der Waals surface area (Å²) >= 11 is 6.41. The summed E-state index contributed by atoms with van der Waals surface area (Å²) in [7, 11) is 0. The van der Waals surface area contributed by atoms with Gasteiger partial charge >= 0.3 is 0 Å². The quantitative estimate of drug-likeness (QED) is 0.429. The van der Waals surface area contributed by atoms with Crippen molar-refractivity contribution in [2.75, 3.05) is 0 Å². The van der Waals surface area contributed by atoms with E-state index in [0.717, 1.165) is 45.6 Å². The number of fused-ring (bicyclic) bond motifs is 2. The largest absolute Gasteiger partial charge is 0.460 e. The average molecular weight is 325 g/mol. The van der Waals surface area contributed by atoms with Gasteiger partial charge in [0.2, 0.25) is 0 Å². The van der Waals surface area contributed by atoms with E-state index in [0.29, 0.717) is 5.02 Å². The van der Waals surface area contributed by atoms with Gasteiger partial charge in [0, 0.05) is 17.2 Å². The molecule has 0 unspecified atom stereocenters. The van der Waals surface area contributed by atoms with Gasteiger partial charge in [0.15, 0.2) is 5.58 Å². The van der Waals surface area contributed by atoms with Gasteiger partial charge in [-0.05, 0) is 55.7 Å². The first-order chi connectivity index (χ1) is 11.0. The fourth-order valence-corrected chi connectivity index (χ4v) is 3.41. The van der Waals surface area contributed by atoms with Crippen molar-refractivity contribution in [3.05, 3.63) is 69.6 Å². The molecule has 2 nitrogen and oxygen atoms in total. The number of rotatable bonds is 2. The molecule has 0 atom stereocenters. The highest BCUT2D eigenvalue weighted by Gasteiger charge is 2.15. The molecule has 2 aromatic carbocycles. The van der Waals surface area contributed by atoms with Crippen molar-refractivity contribution in [3.63, 3.8) is 0 Å². The molecule has 3 heteroatoms. The second kappa shape index (κ2) is 5.17. The van der Waals surface area contributed by atoms with Crippen molar-refractivity contribution in [3.8, 4) is 0 Å². The third kappa shape index (κ3) is 2.25. The van der Waals surface area contributed by atoms with Crippen molar-refractivity contribution in [2.45, 2.75) is 27.2 Å². The molecule has 0 saturated carbocycles. The van der Waals surface area contributed by atoms with Crippen LogP contribution in [0.3, 0.4) is 0 Å². The van der Waals surface area contributed by atoms with Crippen molar-refractivity contribution in [2.24, 2.45) is 0 Å². The average Bonchev–Trinajstić information content (AvgIpc) is 3.00. The molecule has 4 aromatic rings. The second-order valence-electron chi connectivity index (χ2n) is 6.06. The van der Waals surface area contributed by atoms with Gasteiger partial charge in [0.25, 0.3) is 0 Å². The van der Waals surface area contributed by atoms with Gasteiger partial charge in [0.1, 0.15) is 17.1 Å². The van der Waals surface area contributed by atoms with E-state index in [1.165, 1.54) is 10.9 Å². The highest BCUT2D eigenvalue weighted by atomic mass is 35.5. The summed E-state index contributed by atoms with van der Waals surface area (Å²) in [5.74, 6) is 1.90. The molecule has 0 aliphatic heterocycles. The Balaban J connectivity index is 1.82. The van der Waals surface area contributed by atoms with Crippen molar-refractivity contribution < 1.29 is 8.83 Å². The summed E-state index contributed by atoms with van der Waals surface area (Å²) < 4.78 is 11.8. The zero-order chi connectivity index (χ0) is 16.1. The van der Waals surface area contributed by atoms with Crippen LogP contribution in [0.1, 0.15) is 28.2 Å². The summed E-state index contributed by atoms with van der Waals surface area (Å²) in [4.78, 5) is 0. The van der Waals surface area contributed by atoms with Crippen LogP contribution in [0, 0.1) is 20.8 Å². The van der Waals surface area contributed by atoms with E-state index in [2.05, 4.69) is 26.0 Å². The van der Waals surface area contributed by atoms with Crippen LogP contribution in [0.2, 0.25) is 5.02 Å². The van der Waals surface area contributed by atoms with Crippen molar-refractivity contribution >= 4 is 33.5 Å². The minimum absolute atomic E-state index is 0.655. The maximum Gasteiger partial charge on any atom is 0.153 e. The van der Waals surface area contributed by atoms with Crippen molar-refractivity contribution in [1.82, 2.24) is 0 Å². The Morgan fingerprint density at radius 2 is 1.70 bits per heavy atom. The molecule has 0 bridgehead atoms. The third-order valence-corrected chi connectivity index (χ3v) is 4.88. The second-order valence-corrected chi connectivity index (χ2v) is 6.47. The molecule has 2 heterocycles. The highest BCUT2D eigenvalue weighted by molar-refractivity contribution is 6.35. The Labute approximate surface area is 139 Å². The lowest BCUT2D eigenvalue weighted by Crippen LogP contribution is -1.89. The fourth-order valence-electron chi connectivity index (χ4n) is 3.13. The molecular formula is C20H17ClO2. The summed E-state index contributed by atoms with van der Waals surface area (Å²) in [5.41, 5.74) is 5.17. The van der Waals surface area contributed by atoms with E-state index in [1.807, 2.05) is 31.2 Å². The number of hydrogen-bond acceptors (Lipinski definition) is 2. The molecule has 0 spiro atoms. The molecule has 116 valence electrons. The van der Waals surface area contributed by atoms with E-state index in [4.69, 9.17) is 20.4 Å². The van der Waals surface area contributed by atoms with Gasteiger partial charge in [0.05, 0.1) is 5.02 Å². The van der Waals surface area contributed by atoms with Gasteiger partial charge in [-0.15, -0.1) is 0 Å². The standard InChI is InChI=1S/C20H17ClO2/c1-11-13(3)22-20-16(11)8-14(9-17(20)21)10-19-12(2)15-6-4-5-7-18(15)23-19/h4-9H,10H2,1-3H3. The highest BCUT2D eigenvalue weighted by Crippen LogP contribution is 2.33. The van der Waals surface area contributed by atoms with Crippen LogP contribution in [-0.4, -0.2) is 0 Å². The Morgan fingerprint density at radius 1 is 0.913 bits per heavy atom. The van der Waals surface area contributed by atoms with E-state index < -0.39 is 0 Å². The first-order valence-corrected chi connectivity index (χ1v) is 8.07. The van der Waals surface area contributed by atoms with Crippen LogP contribution < -0.4 is 0 Å². The lowest BCUT2D eigenvalue weighted by molar-refractivity contribution is 0.559. The Morgan fingerprint density at radius 3 is 2.48 bits per heavy atom. The minimum Gasteiger partial charge on any atom is -0.460 e. The molecule has 4 rings (SSSR count). The number of aryl methyl sites for hydroxylation is 3. The van der Waals surface area contributed by atoms with E-state index >= 15 is 0 Å². The van der Waals surface area contributed by atoms with Gasteiger partial charge in [-0.1, -0.05) is 29.8 Å². The third-order valence-electron chi connectivity index (χ3n) is 4.60. The molecule has 0 amide bonds. The molecule has 0 fully saturated rings. The zero-order valence-electron chi connectivity index (χ0n) is 13.4. The SMILES string of the molecule is Cc1oc2c(Cl)cc(Cc3oc4ccccc4c3C)cc2c1C. The molecular weight excluding hydrogens is 308 g/mol.